The first kappa shape index (κ1) is 9.90. The van der Waals surface area contributed by atoms with E-state index in [1.54, 1.807) is 0 Å². The lowest BCUT2D eigenvalue weighted by Crippen LogP contribution is -2.22. The van der Waals surface area contributed by atoms with Crippen molar-refractivity contribution in [2.75, 3.05) is 0 Å². The number of carbonyl (C=O) groups excluding carboxylic acids is 1. The predicted molar refractivity (Wildman–Crippen MR) is 52.7 cm³/mol. The Kier molecular flexibility index (Phi) is 2.50. The SMILES string of the molecule is C=C1C(N)=C(O)C(=O)C(O)=C1OI. The largest absolute Gasteiger partial charge is 0.503 e. The number of halogens is 1. The summed E-state index contributed by atoms with van der Waals surface area (Å²) in [5.41, 5.74) is 5.22. The van der Waals surface area contributed by atoms with Crippen molar-refractivity contribution >= 4 is 28.8 Å². The van der Waals surface area contributed by atoms with Crippen LogP contribution in [0.2, 0.25) is 0 Å². The van der Waals surface area contributed by atoms with Crippen LogP contribution in [0.4, 0.5) is 0 Å². The molecule has 0 fully saturated rings. The molecule has 5 nitrogen and oxygen atoms in total. The molecule has 4 N–H and O–H groups in total. The van der Waals surface area contributed by atoms with Crippen molar-refractivity contribution < 1.29 is 18.1 Å². The molecule has 0 amide bonds. The van der Waals surface area contributed by atoms with Crippen molar-refractivity contribution in [3.05, 3.63) is 35.1 Å². The number of hydrogen-bond acceptors (Lipinski definition) is 5. The molecule has 0 aliphatic heterocycles. The van der Waals surface area contributed by atoms with Crippen molar-refractivity contribution in [1.29, 1.82) is 0 Å². The average molecular weight is 295 g/mol. The number of carbonyl (C=O) groups is 1. The van der Waals surface area contributed by atoms with Crippen LogP contribution < -0.4 is 5.73 Å². The van der Waals surface area contributed by atoms with E-state index in [0.29, 0.717) is 0 Å². The maximum Gasteiger partial charge on any atom is 0.267 e. The highest BCUT2D eigenvalue weighted by atomic mass is 127. The minimum absolute atomic E-state index is 0.0870. The van der Waals surface area contributed by atoms with Crippen LogP contribution in [0.3, 0.4) is 0 Å². The van der Waals surface area contributed by atoms with Gasteiger partial charge in [-0.2, -0.15) is 0 Å². The zero-order valence-corrected chi connectivity index (χ0v) is 8.53. The maximum atomic E-state index is 11.0. The van der Waals surface area contributed by atoms with Crippen LogP contribution >= 0.6 is 23.0 Å². The summed E-state index contributed by atoms with van der Waals surface area (Å²) < 4.78 is 4.66. The molecular formula is C7H6INO4. The molecule has 1 aliphatic carbocycles. The molecule has 1 aliphatic rings. The maximum absolute atomic E-state index is 11.0. The van der Waals surface area contributed by atoms with E-state index in [1.165, 1.54) is 23.0 Å². The normalized spacial score (nSPS) is 18.2. The molecule has 0 spiro atoms. The zero-order valence-electron chi connectivity index (χ0n) is 6.37. The Morgan fingerprint density at radius 1 is 1.38 bits per heavy atom. The quantitative estimate of drug-likeness (QED) is 0.627. The lowest BCUT2D eigenvalue weighted by atomic mass is 10.0. The van der Waals surface area contributed by atoms with Gasteiger partial charge < -0.3 is 19.0 Å². The van der Waals surface area contributed by atoms with Crippen molar-refractivity contribution in [3.8, 4) is 0 Å². The van der Waals surface area contributed by atoms with E-state index < -0.39 is 17.3 Å². The van der Waals surface area contributed by atoms with Gasteiger partial charge >= 0.3 is 0 Å². The van der Waals surface area contributed by atoms with Crippen LogP contribution in [-0.4, -0.2) is 16.0 Å². The second-order valence-electron chi connectivity index (χ2n) is 2.32. The van der Waals surface area contributed by atoms with E-state index in [9.17, 15) is 9.90 Å². The van der Waals surface area contributed by atoms with Gasteiger partial charge in [-0.3, -0.25) is 4.79 Å². The molecule has 0 aromatic carbocycles. The predicted octanol–water partition coefficient (Wildman–Crippen LogP) is 0.990. The summed E-state index contributed by atoms with van der Waals surface area (Å²) in [6, 6.07) is 0. The molecular weight excluding hydrogens is 289 g/mol. The Morgan fingerprint density at radius 3 is 2.38 bits per heavy atom. The van der Waals surface area contributed by atoms with Crippen molar-refractivity contribution in [2.45, 2.75) is 0 Å². The minimum Gasteiger partial charge on any atom is -0.503 e. The number of hydrogen-bond donors (Lipinski definition) is 3. The van der Waals surface area contributed by atoms with Crippen molar-refractivity contribution in [1.82, 2.24) is 0 Å². The Labute approximate surface area is 87.9 Å². The molecule has 0 saturated heterocycles. The molecule has 0 atom stereocenters. The van der Waals surface area contributed by atoms with Gasteiger partial charge in [0.05, 0.1) is 5.70 Å². The van der Waals surface area contributed by atoms with Gasteiger partial charge in [-0.05, 0) is 0 Å². The third-order valence-corrected chi connectivity index (χ3v) is 2.02. The third-order valence-electron chi connectivity index (χ3n) is 1.58. The first-order valence-electron chi connectivity index (χ1n) is 3.15. The number of ketones is 1. The van der Waals surface area contributed by atoms with Crippen LogP contribution in [0.1, 0.15) is 0 Å². The second-order valence-corrected chi connectivity index (χ2v) is 2.77. The second kappa shape index (κ2) is 3.29. The molecule has 0 aromatic heterocycles. The summed E-state index contributed by atoms with van der Waals surface area (Å²) in [6.07, 6.45) is 0. The fourth-order valence-electron chi connectivity index (χ4n) is 0.829. The molecule has 0 bridgehead atoms. The van der Waals surface area contributed by atoms with E-state index in [1.807, 2.05) is 0 Å². The number of Topliss-reactive ketones (excluding diaryl/α,β-unsaturated/α-hetero) is 1. The van der Waals surface area contributed by atoms with E-state index in [-0.39, 0.29) is 17.0 Å². The minimum atomic E-state index is -0.962. The lowest BCUT2D eigenvalue weighted by Gasteiger charge is -2.16. The summed E-state index contributed by atoms with van der Waals surface area (Å²) >= 11 is 1.47. The first-order chi connectivity index (χ1) is 6.00. The van der Waals surface area contributed by atoms with Gasteiger partial charge in [0.15, 0.2) is 34.5 Å². The van der Waals surface area contributed by atoms with Gasteiger partial charge in [0, 0.05) is 5.57 Å². The van der Waals surface area contributed by atoms with Gasteiger partial charge in [0.1, 0.15) is 0 Å². The molecule has 70 valence electrons. The number of aliphatic hydroxyl groups is 2. The van der Waals surface area contributed by atoms with Crippen molar-refractivity contribution in [2.24, 2.45) is 5.73 Å². The monoisotopic (exact) mass is 295 g/mol. The molecule has 6 heteroatoms. The summed E-state index contributed by atoms with van der Waals surface area (Å²) in [5.74, 6) is -2.48. The third kappa shape index (κ3) is 1.37. The zero-order chi connectivity index (χ0) is 10.2. The Hall–Kier alpha value is -1.18. The number of nitrogens with two attached hydrogens (primary N) is 1. The molecule has 0 saturated carbocycles. The summed E-state index contributed by atoms with van der Waals surface area (Å²) in [7, 11) is 0. The van der Waals surface area contributed by atoms with Gasteiger partial charge in [-0.15, -0.1) is 0 Å². The molecule has 0 heterocycles. The van der Waals surface area contributed by atoms with Gasteiger partial charge in [-0.25, -0.2) is 0 Å². The van der Waals surface area contributed by atoms with Crippen molar-refractivity contribution in [3.63, 3.8) is 0 Å². The van der Waals surface area contributed by atoms with E-state index >= 15 is 0 Å². The van der Waals surface area contributed by atoms with Crippen LogP contribution in [-0.2, 0) is 7.86 Å². The van der Waals surface area contributed by atoms with Gasteiger partial charge in [0.2, 0.25) is 5.76 Å². The topological polar surface area (TPSA) is 92.8 Å². The summed E-state index contributed by atoms with van der Waals surface area (Å²) in [5, 5.41) is 18.3. The molecule has 13 heavy (non-hydrogen) atoms. The lowest BCUT2D eigenvalue weighted by molar-refractivity contribution is -0.117. The highest BCUT2D eigenvalue weighted by molar-refractivity contribution is 14.1. The van der Waals surface area contributed by atoms with Gasteiger partial charge in [0.25, 0.3) is 5.78 Å². The van der Waals surface area contributed by atoms with Gasteiger partial charge in [-0.1, -0.05) is 6.58 Å². The van der Waals surface area contributed by atoms with E-state index in [4.69, 9.17) is 10.8 Å². The van der Waals surface area contributed by atoms with Crippen LogP contribution in [0.5, 0.6) is 0 Å². The first-order valence-corrected chi connectivity index (χ1v) is 4.03. The smallest absolute Gasteiger partial charge is 0.267 e. The van der Waals surface area contributed by atoms with E-state index in [0.717, 1.165) is 0 Å². The molecule has 1 rings (SSSR count). The highest BCUT2D eigenvalue weighted by Crippen LogP contribution is 2.28. The Balaban J connectivity index is 3.29. The average Bonchev–Trinajstić information content (AvgIpc) is 2.13. The van der Waals surface area contributed by atoms with Crippen LogP contribution in [0.15, 0.2) is 35.1 Å². The van der Waals surface area contributed by atoms with E-state index in [2.05, 4.69) is 9.65 Å². The van der Waals surface area contributed by atoms with Crippen LogP contribution in [0, 0.1) is 0 Å². The Morgan fingerprint density at radius 2 is 1.92 bits per heavy atom. The highest BCUT2D eigenvalue weighted by Gasteiger charge is 2.30. The Bertz CT molecular complexity index is 356. The van der Waals surface area contributed by atoms with Crippen LogP contribution in [0.25, 0.3) is 0 Å². The fraction of sp³-hybridized carbons (Fsp3) is 0. The summed E-state index contributed by atoms with van der Waals surface area (Å²) in [4.78, 5) is 11.0. The molecule has 0 unspecified atom stereocenters. The molecule has 0 aromatic rings. The summed E-state index contributed by atoms with van der Waals surface area (Å²) in [6.45, 7) is 3.44. The molecule has 0 radical (unpaired) electrons. The standard InChI is InChI=1S/C7H6INO4/c1-2-3(9)4(10)5(11)6(12)7(2)13-8/h10,12H,1,9H2. The number of rotatable bonds is 1. The fourth-order valence-corrected chi connectivity index (χ4v) is 1.30. The number of aliphatic hydroxyl groups excluding tert-OH is 2.